The predicted molar refractivity (Wildman–Crippen MR) is 84.2 cm³/mol. The van der Waals surface area contributed by atoms with E-state index in [2.05, 4.69) is 15.2 Å². The van der Waals surface area contributed by atoms with Crippen LogP contribution in [-0.4, -0.2) is 76.6 Å². The fourth-order valence-corrected chi connectivity index (χ4v) is 3.04. The lowest BCUT2D eigenvalue weighted by Gasteiger charge is -2.37. The smallest absolute Gasteiger partial charge is 0.210 e. The second-order valence-electron chi connectivity index (χ2n) is 5.51. The Bertz CT molecular complexity index is 476. The minimum Gasteiger partial charge on any atom is -0.375 e. The van der Waals surface area contributed by atoms with Crippen LogP contribution in [0.2, 0.25) is 0 Å². The molecule has 2 aliphatic rings. The van der Waals surface area contributed by atoms with Crippen LogP contribution in [0.4, 0.5) is 0 Å². The minimum absolute atomic E-state index is 0.0401. The van der Waals surface area contributed by atoms with Gasteiger partial charge in [0.05, 0.1) is 25.0 Å². The van der Waals surface area contributed by atoms with Gasteiger partial charge in [0.2, 0.25) is 10.0 Å². The maximum Gasteiger partial charge on any atom is 0.210 e. The molecule has 9 heteroatoms. The van der Waals surface area contributed by atoms with Crippen molar-refractivity contribution < 1.29 is 17.9 Å². The van der Waals surface area contributed by atoms with Gasteiger partial charge in [-0.1, -0.05) is 0 Å². The summed E-state index contributed by atoms with van der Waals surface area (Å²) < 4.78 is 33.5. The van der Waals surface area contributed by atoms with Gasteiger partial charge in [0.1, 0.15) is 6.10 Å². The number of sulfonamides is 1. The normalized spacial score (nSPS) is 27.2. The molecule has 2 aliphatic heterocycles. The Morgan fingerprint density at radius 1 is 1.36 bits per heavy atom. The first-order chi connectivity index (χ1) is 10.5. The zero-order chi connectivity index (χ0) is 16.0. The van der Waals surface area contributed by atoms with Gasteiger partial charge in [-0.25, -0.2) is 13.6 Å². The Balaban J connectivity index is 1.95. The van der Waals surface area contributed by atoms with Crippen molar-refractivity contribution in [1.82, 2.24) is 10.2 Å². The topological polar surface area (TPSA) is 106 Å². The van der Waals surface area contributed by atoms with E-state index in [0.29, 0.717) is 19.1 Å². The van der Waals surface area contributed by atoms with Crippen LogP contribution in [0.3, 0.4) is 0 Å². The SMILES string of the molecule is CCNC(=NCCS(N)(=O)=O)N1CCOC(C2CCCO2)C1. The quantitative estimate of drug-likeness (QED) is 0.499. The monoisotopic (exact) mass is 334 g/mol. The first kappa shape index (κ1) is 17.5. The summed E-state index contributed by atoms with van der Waals surface area (Å²) in [6, 6.07) is 0. The molecule has 2 fully saturated rings. The molecule has 0 spiro atoms. The summed E-state index contributed by atoms with van der Waals surface area (Å²) in [5.41, 5.74) is 0. The summed E-state index contributed by atoms with van der Waals surface area (Å²) in [5, 5.41) is 8.20. The highest BCUT2D eigenvalue weighted by molar-refractivity contribution is 7.89. The fourth-order valence-electron chi connectivity index (χ4n) is 2.69. The second kappa shape index (κ2) is 8.09. The Hall–Kier alpha value is -0.900. The third kappa shape index (κ3) is 5.38. The molecule has 0 amide bonds. The van der Waals surface area contributed by atoms with Crippen molar-refractivity contribution in [3.63, 3.8) is 0 Å². The van der Waals surface area contributed by atoms with Gasteiger partial charge in [0, 0.05) is 26.2 Å². The average molecular weight is 334 g/mol. The number of guanidine groups is 1. The van der Waals surface area contributed by atoms with E-state index in [0.717, 1.165) is 32.5 Å². The standard InChI is InChI=1S/C13H26N4O4S/c1-2-15-13(16-5-9-22(14,18)19)17-6-8-21-12(10-17)11-4-3-7-20-11/h11-12H,2-10H2,1H3,(H,15,16)(H2,14,18,19). The Morgan fingerprint density at radius 2 is 2.14 bits per heavy atom. The van der Waals surface area contributed by atoms with E-state index < -0.39 is 10.0 Å². The van der Waals surface area contributed by atoms with Gasteiger partial charge in [-0.15, -0.1) is 0 Å². The van der Waals surface area contributed by atoms with E-state index in [-0.39, 0.29) is 24.5 Å². The van der Waals surface area contributed by atoms with E-state index in [4.69, 9.17) is 14.6 Å². The van der Waals surface area contributed by atoms with Crippen molar-refractivity contribution in [3.05, 3.63) is 0 Å². The third-order valence-electron chi connectivity index (χ3n) is 3.74. The Labute approximate surface area is 132 Å². The summed E-state index contributed by atoms with van der Waals surface area (Å²) in [4.78, 5) is 6.46. The molecule has 8 nitrogen and oxygen atoms in total. The van der Waals surface area contributed by atoms with Gasteiger partial charge in [-0.2, -0.15) is 0 Å². The number of primary sulfonamides is 1. The van der Waals surface area contributed by atoms with Crippen LogP contribution in [0.5, 0.6) is 0 Å². The highest BCUT2D eigenvalue weighted by Gasteiger charge is 2.32. The lowest BCUT2D eigenvalue weighted by molar-refractivity contribution is -0.0816. The van der Waals surface area contributed by atoms with Crippen molar-refractivity contribution in [1.29, 1.82) is 0 Å². The molecule has 0 radical (unpaired) electrons. The number of rotatable bonds is 5. The molecular formula is C13H26N4O4S. The molecule has 0 aromatic carbocycles. The molecule has 22 heavy (non-hydrogen) atoms. The van der Waals surface area contributed by atoms with Gasteiger partial charge in [-0.3, -0.25) is 4.99 Å². The summed E-state index contributed by atoms with van der Waals surface area (Å²) in [6.07, 6.45) is 2.29. The first-order valence-corrected chi connectivity index (χ1v) is 9.48. The third-order valence-corrected chi connectivity index (χ3v) is 4.50. The van der Waals surface area contributed by atoms with Crippen LogP contribution in [0, 0.1) is 0 Å². The van der Waals surface area contributed by atoms with Crippen molar-refractivity contribution in [2.24, 2.45) is 10.1 Å². The lowest BCUT2D eigenvalue weighted by Crippen LogP contribution is -2.53. The number of aliphatic imine (C=N–C) groups is 1. The second-order valence-corrected chi connectivity index (χ2v) is 7.24. The Kier molecular flexibility index (Phi) is 6.42. The van der Waals surface area contributed by atoms with E-state index in [1.807, 2.05) is 6.92 Å². The van der Waals surface area contributed by atoms with Crippen LogP contribution < -0.4 is 10.5 Å². The zero-order valence-electron chi connectivity index (χ0n) is 13.0. The van der Waals surface area contributed by atoms with Gasteiger partial charge in [-0.05, 0) is 19.8 Å². The maximum atomic E-state index is 11.0. The molecule has 2 rings (SSSR count). The van der Waals surface area contributed by atoms with E-state index in [1.165, 1.54) is 0 Å². The van der Waals surface area contributed by atoms with E-state index >= 15 is 0 Å². The number of hydrogen-bond acceptors (Lipinski definition) is 5. The van der Waals surface area contributed by atoms with Crippen LogP contribution in [-0.2, 0) is 19.5 Å². The van der Waals surface area contributed by atoms with Crippen LogP contribution in [0.15, 0.2) is 4.99 Å². The molecule has 0 saturated carbocycles. The number of nitrogens with zero attached hydrogens (tertiary/aromatic N) is 2. The van der Waals surface area contributed by atoms with Crippen molar-refractivity contribution in [3.8, 4) is 0 Å². The summed E-state index contributed by atoms with van der Waals surface area (Å²) >= 11 is 0. The van der Waals surface area contributed by atoms with E-state index in [1.54, 1.807) is 0 Å². The largest absolute Gasteiger partial charge is 0.375 e. The first-order valence-electron chi connectivity index (χ1n) is 7.76. The highest BCUT2D eigenvalue weighted by Crippen LogP contribution is 2.21. The average Bonchev–Trinajstić information content (AvgIpc) is 2.99. The Morgan fingerprint density at radius 3 is 2.77 bits per heavy atom. The van der Waals surface area contributed by atoms with Crippen LogP contribution in [0.1, 0.15) is 19.8 Å². The molecular weight excluding hydrogens is 308 g/mol. The molecule has 2 heterocycles. The number of hydrogen-bond donors (Lipinski definition) is 2. The van der Waals surface area contributed by atoms with Gasteiger partial charge in [0.25, 0.3) is 0 Å². The van der Waals surface area contributed by atoms with Gasteiger partial charge < -0.3 is 19.7 Å². The lowest BCUT2D eigenvalue weighted by atomic mass is 10.1. The molecule has 2 unspecified atom stereocenters. The maximum absolute atomic E-state index is 11.0. The number of morpholine rings is 1. The molecule has 0 bridgehead atoms. The van der Waals surface area contributed by atoms with Crippen molar-refractivity contribution in [2.45, 2.75) is 32.0 Å². The van der Waals surface area contributed by atoms with Crippen molar-refractivity contribution in [2.75, 3.05) is 45.1 Å². The molecule has 0 aromatic rings. The summed E-state index contributed by atoms with van der Waals surface area (Å²) in [6.45, 7) is 5.69. The highest BCUT2D eigenvalue weighted by atomic mass is 32.2. The number of nitrogens with two attached hydrogens (primary N) is 1. The number of ether oxygens (including phenoxy) is 2. The fraction of sp³-hybridized carbons (Fsp3) is 0.923. The van der Waals surface area contributed by atoms with Gasteiger partial charge >= 0.3 is 0 Å². The summed E-state index contributed by atoms with van der Waals surface area (Å²) in [5.74, 6) is 0.555. The number of nitrogens with one attached hydrogen (secondary N) is 1. The molecule has 128 valence electrons. The zero-order valence-corrected chi connectivity index (χ0v) is 13.8. The minimum atomic E-state index is -3.49. The molecule has 0 aliphatic carbocycles. The molecule has 2 saturated heterocycles. The molecule has 2 atom stereocenters. The van der Waals surface area contributed by atoms with Crippen molar-refractivity contribution >= 4 is 16.0 Å². The summed E-state index contributed by atoms with van der Waals surface area (Å²) in [7, 11) is -3.49. The predicted octanol–water partition coefficient (Wildman–Crippen LogP) is -0.880. The van der Waals surface area contributed by atoms with Crippen LogP contribution in [0.25, 0.3) is 0 Å². The molecule has 0 aromatic heterocycles. The van der Waals surface area contributed by atoms with Crippen LogP contribution >= 0.6 is 0 Å². The van der Waals surface area contributed by atoms with E-state index in [9.17, 15) is 8.42 Å². The van der Waals surface area contributed by atoms with Gasteiger partial charge in [0.15, 0.2) is 5.96 Å². The molecule has 3 N–H and O–H groups in total.